The van der Waals surface area contributed by atoms with Gasteiger partial charge in [-0.1, -0.05) is 0 Å². The fourth-order valence-corrected chi connectivity index (χ4v) is 2.58. The van der Waals surface area contributed by atoms with Gasteiger partial charge in [0.1, 0.15) is 5.82 Å². The molecule has 6 nitrogen and oxygen atoms in total. The lowest BCUT2D eigenvalue weighted by molar-refractivity contribution is 0.521. The Labute approximate surface area is 112 Å². The molecule has 2 N–H and O–H groups in total. The van der Waals surface area contributed by atoms with E-state index in [0.717, 1.165) is 0 Å². The first kappa shape index (κ1) is 13.6. The predicted octanol–water partition coefficient (Wildman–Crippen LogP) is 1.00. The van der Waals surface area contributed by atoms with Crippen LogP contribution in [0, 0.1) is 5.82 Å². The van der Waals surface area contributed by atoms with Gasteiger partial charge in [0.15, 0.2) is 5.82 Å². The zero-order valence-electron chi connectivity index (χ0n) is 10.6. The number of nitrogens with two attached hydrogens (primary N) is 1. The number of tetrazole rings is 1. The Hall–Kier alpha value is -1.83. The molecule has 0 fully saturated rings. The molecule has 0 amide bonds. The SMILES string of the molecule is CC(CS(C)=O)n1nnnc1-c1ccc(N)c(F)c1. The van der Waals surface area contributed by atoms with Gasteiger partial charge in [-0.3, -0.25) is 4.21 Å². The summed E-state index contributed by atoms with van der Waals surface area (Å²) in [7, 11) is -0.963. The van der Waals surface area contributed by atoms with Crippen LogP contribution in [0.1, 0.15) is 13.0 Å². The van der Waals surface area contributed by atoms with Gasteiger partial charge in [-0.25, -0.2) is 9.07 Å². The van der Waals surface area contributed by atoms with E-state index in [1.165, 1.54) is 16.8 Å². The van der Waals surface area contributed by atoms with Crippen LogP contribution >= 0.6 is 0 Å². The number of hydrogen-bond acceptors (Lipinski definition) is 5. The molecule has 1 aromatic heterocycles. The van der Waals surface area contributed by atoms with E-state index in [2.05, 4.69) is 15.5 Å². The van der Waals surface area contributed by atoms with Gasteiger partial charge in [0.2, 0.25) is 0 Å². The minimum Gasteiger partial charge on any atom is -0.396 e. The van der Waals surface area contributed by atoms with Crippen LogP contribution in [-0.2, 0) is 10.8 Å². The van der Waals surface area contributed by atoms with Gasteiger partial charge in [0, 0.05) is 28.4 Å². The van der Waals surface area contributed by atoms with E-state index < -0.39 is 16.6 Å². The highest BCUT2D eigenvalue weighted by Crippen LogP contribution is 2.22. The normalized spacial score (nSPS) is 14.3. The lowest BCUT2D eigenvalue weighted by Gasteiger charge is -2.12. The van der Waals surface area contributed by atoms with E-state index in [-0.39, 0.29) is 11.7 Å². The Morgan fingerprint density at radius 1 is 1.53 bits per heavy atom. The fourth-order valence-electron chi connectivity index (χ4n) is 1.76. The second-order valence-corrected chi connectivity index (χ2v) is 5.75. The van der Waals surface area contributed by atoms with Crippen molar-refractivity contribution in [1.82, 2.24) is 20.2 Å². The van der Waals surface area contributed by atoms with Crippen molar-refractivity contribution in [2.24, 2.45) is 0 Å². The Morgan fingerprint density at radius 3 is 2.89 bits per heavy atom. The van der Waals surface area contributed by atoms with Gasteiger partial charge >= 0.3 is 0 Å². The molecule has 1 aromatic carbocycles. The van der Waals surface area contributed by atoms with E-state index in [4.69, 9.17) is 5.73 Å². The lowest BCUT2D eigenvalue weighted by Crippen LogP contribution is -2.15. The molecule has 102 valence electrons. The van der Waals surface area contributed by atoms with Crippen LogP contribution in [0.25, 0.3) is 11.4 Å². The summed E-state index contributed by atoms with van der Waals surface area (Å²) >= 11 is 0. The Balaban J connectivity index is 2.38. The summed E-state index contributed by atoms with van der Waals surface area (Å²) in [6.45, 7) is 1.86. The molecule has 0 bridgehead atoms. The number of hydrogen-bond donors (Lipinski definition) is 1. The molecule has 2 atom stereocenters. The van der Waals surface area contributed by atoms with Crippen molar-refractivity contribution in [1.29, 1.82) is 0 Å². The van der Waals surface area contributed by atoms with Crippen molar-refractivity contribution in [2.45, 2.75) is 13.0 Å². The van der Waals surface area contributed by atoms with E-state index in [1.54, 1.807) is 12.3 Å². The Bertz CT molecular complexity index is 615. The van der Waals surface area contributed by atoms with Crippen molar-refractivity contribution in [3.05, 3.63) is 24.0 Å². The zero-order chi connectivity index (χ0) is 14.0. The molecule has 19 heavy (non-hydrogen) atoms. The highest BCUT2D eigenvalue weighted by atomic mass is 32.2. The van der Waals surface area contributed by atoms with E-state index >= 15 is 0 Å². The molecule has 0 saturated heterocycles. The van der Waals surface area contributed by atoms with Crippen LogP contribution in [0.4, 0.5) is 10.1 Å². The molecule has 0 saturated carbocycles. The minimum atomic E-state index is -0.963. The Morgan fingerprint density at radius 2 is 2.26 bits per heavy atom. The fraction of sp³-hybridized carbons (Fsp3) is 0.364. The summed E-state index contributed by atoms with van der Waals surface area (Å²) in [5, 5.41) is 11.3. The summed E-state index contributed by atoms with van der Waals surface area (Å²) < 4.78 is 26.2. The average molecular weight is 283 g/mol. The molecule has 0 aliphatic carbocycles. The van der Waals surface area contributed by atoms with E-state index in [9.17, 15) is 8.60 Å². The van der Waals surface area contributed by atoms with E-state index in [0.29, 0.717) is 17.1 Å². The Kier molecular flexibility index (Phi) is 3.89. The number of anilines is 1. The highest BCUT2D eigenvalue weighted by molar-refractivity contribution is 7.84. The number of benzene rings is 1. The first-order valence-electron chi connectivity index (χ1n) is 5.62. The summed E-state index contributed by atoms with van der Waals surface area (Å²) in [6.07, 6.45) is 1.61. The smallest absolute Gasteiger partial charge is 0.182 e. The maximum absolute atomic E-state index is 13.5. The van der Waals surface area contributed by atoms with Gasteiger partial charge in [0.25, 0.3) is 0 Å². The van der Waals surface area contributed by atoms with Crippen molar-refractivity contribution in [3.8, 4) is 11.4 Å². The minimum absolute atomic E-state index is 0.0745. The number of rotatable bonds is 4. The molecule has 2 aromatic rings. The first-order valence-corrected chi connectivity index (χ1v) is 7.35. The third-order valence-corrected chi connectivity index (χ3v) is 3.60. The third kappa shape index (κ3) is 2.95. The van der Waals surface area contributed by atoms with Crippen molar-refractivity contribution in [2.75, 3.05) is 17.7 Å². The number of aromatic nitrogens is 4. The van der Waals surface area contributed by atoms with Gasteiger partial charge in [0.05, 0.1) is 11.7 Å². The maximum Gasteiger partial charge on any atom is 0.182 e. The molecule has 2 rings (SSSR count). The van der Waals surface area contributed by atoms with E-state index in [1.807, 2.05) is 6.92 Å². The van der Waals surface area contributed by atoms with Gasteiger partial charge in [-0.05, 0) is 35.5 Å². The summed E-state index contributed by atoms with van der Waals surface area (Å²) in [5.41, 5.74) is 6.04. The topological polar surface area (TPSA) is 86.7 Å². The monoisotopic (exact) mass is 283 g/mol. The van der Waals surface area contributed by atoms with Crippen LogP contribution in [0.2, 0.25) is 0 Å². The standard InChI is InChI=1S/C11H14FN5OS/c1-7(6-19(2)18)17-11(14-15-16-17)8-3-4-10(13)9(12)5-8/h3-5,7H,6,13H2,1-2H3. The molecule has 0 radical (unpaired) electrons. The second kappa shape index (κ2) is 5.43. The number of nitrogens with zero attached hydrogens (tertiary/aromatic N) is 4. The van der Waals surface area contributed by atoms with Crippen LogP contribution in [-0.4, -0.2) is 36.4 Å². The van der Waals surface area contributed by atoms with Gasteiger partial charge in [-0.15, -0.1) is 5.10 Å². The second-order valence-electron chi connectivity index (χ2n) is 4.27. The molecule has 0 spiro atoms. The molecular formula is C11H14FN5OS. The van der Waals surface area contributed by atoms with Crippen LogP contribution in [0.15, 0.2) is 18.2 Å². The molecular weight excluding hydrogens is 269 g/mol. The molecule has 0 aliphatic heterocycles. The van der Waals surface area contributed by atoms with Crippen molar-refractivity contribution >= 4 is 16.5 Å². The largest absolute Gasteiger partial charge is 0.396 e. The molecule has 0 aliphatic rings. The number of nitrogen functional groups attached to an aromatic ring is 1. The quantitative estimate of drug-likeness (QED) is 0.846. The van der Waals surface area contributed by atoms with Gasteiger partial charge in [-0.2, -0.15) is 0 Å². The predicted molar refractivity (Wildman–Crippen MR) is 71.3 cm³/mol. The summed E-state index contributed by atoms with van der Waals surface area (Å²) in [5.74, 6) is 0.339. The lowest BCUT2D eigenvalue weighted by atomic mass is 10.2. The highest BCUT2D eigenvalue weighted by Gasteiger charge is 2.16. The summed E-state index contributed by atoms with van der Waals surface area (Å²) in [6, 6.07) is 4.26. The molecule has 2 unspecified atom stereocenters. The van der Waals surface area contributed by atoms with Crippen molar-refractivity contribution < 1.29 is 8.60 Å². The van der Waals surface area contributed by atoms with Crippen molar-refractivity contribution in [3.63, 3.8) is 0 Å². The number of halogens is 1. The molecule has 8 heteroatoms. The molecule has 1 heterocycles. The van der Waals surface area contributed by atoms with Crippen LogP contribution in [0.3, 0.4) is 0 Å². The maximum atomic E-state index is 13.5. The van der Waals surface area contributed by atoms with Gasteiger partial charge < -0.3 is 5.73 Å². The average Bonchev–Trinajstić information content (AvgIpc) is 2.81. The zero-order valence-corrected chi connectivity index (χ0v) is 11.4. The first-order chi connectivity index (χ1) is 8.99. The third-order valence-electron chi connectivity index (χ3n) is 2.64. The summed E-state index contributed by atoms with van der Waals surface area (Å²) in [4.78, 5) is 0. The van der Waals surface area contributed by atoms with Crippen LogP contribution in [0.5, 0.6) is 0 Å². The van der Waals surface area contributed by atoms with Crippen LogP contribution < -0.4 is 5.73 Å².